The van der Waals surface area contributed by atoms with Gasteiger partial charge in [0.2, 0.25) is 5.66 Å². The van der Waals surface area contributed by atoms with Crippen molar-refractivity contribution in [2.24, 2.45) is 23.5 Å². The molecule has 5 aliphatic rings. The molecule has 4 saturated carbocycles. The molecule has 6 nitrogen and oxygen atoms in total. The first kappa shape index (κ1) is 13.1. The third-order valence-corrected chi connectivity index (χ3v) is 5.51. The second-order valence-electron chi connectivity index (χ2n) is 7.29. The van der Waals surface area contributed by atoms with Crippen molar-refractivity contribution in [3.63, 3.8) is 0 Å². The summed E-state index contributed by atoms with van der Waals surface area (Å²) in [5, 5.41) is 4.87. The van der Waals surface area contributed by atoms with E-state index in [2.05, 4.69) is 10.6 Å². The fourth-order valence-corrected chi connectivity index (χ4v) is 5.07. The van der Waals surface area contributed by atoms with Crippen LogP contribution < -0.4 is 16.4 Å². The summed E-state index contributed by atoms with van der Waals surface area (Å²) in [5.74, 6) is 1.53. The Bertz CT molecular complexity index is 495. The quantitative estimate of drug-likeness (QED) is 0.661. The fourth-order valence-electron chi connectivity index (χ4n) is 5.07. The first-order valence-corrected chi connectivity index (χ1v) is 7.75. The zero-order valence-corrected chi connectivity index (χ0v) is 11.9. The van der Waals surface area contributed by atoms with Gasteiger partial charge in [0.25, 0.3) is 0 Å². The zero-order chi connectivity index (χ0) is 14.7. The van der Waals surface area contributed by atoms with Crippen LogP contribution in [0, 0.1) is 17.8 Å². The zero-order valence-electron chi connectivity index (χ0n) is 11.9. The molecule has 0 radical (unpaired) electrons. The minimum Gasteiger partial charge on any atom is -0.456 e. The Labute approximate surface area is 123 Å². The summed E-state index contributed by atoms with van der Waals surface area (Å²) in [6, 6.07) is -0.484. The lowest BCUT2D eigenvalue weighted by molar-refractivity contribution is -0.191. The summed E-state index contributed by atoms with van der Waals surface area (Å²) < 4.78 is 5.88. The number of hydrogen-bond donors (Lipinski definition) is 3. The van der Waals surface area contributed by atoms with E-state index >= 15 is 0 Å². The molecule has 4 aliphatic carbocycles. The van der Waals surface area contributed by atoms with E-state index in [1.165, 1.54) is 31.5 Å². The normalized spacial score (nSPS) is 46.9. The molecule has 6 heteroatoms. The maximum atomic E-state index is 12.5. The summed E-state index contributed by atoms with van der Waals surface area (Å²) in [4.78, 5) is 23.9. The van der Waals surface area contributed by atoms with Crippen LogP contribution in [0.2, 0.25) is 0 Å². The van der Waals surface area contributed by atoms with E-state index in [4.69, 9.17) is 10.5 Å². The highest BCUT2D eigenvalue weighted by Gasteiger charge is 2.54. The van der Waals surface area contributed by atoms with Crippen LogP contribution >= 0.6 is 0 Å². The van der Waals surface area contributed by atoms with Crippen molar-refractivity contribution in [1.82, 2.24) is 10.6 Å². The smallest absolute Gasteiger partial charge is 0.351 e. The molecule has 4 N–H and O–H groups in total. The predicted octanol–water partition coefficient (Wildman–Crippen LogP) is 0.980. The minimum absolute atomic E-state index is 0.346. The largest absolute Gasteiger partial charge is 0.456 e. The Hall–Kier alpha value is -1.56. The lowest BCUT2D eigenvalue weighted by Crippen LogP contribution is -2.66. The average Bonchev–Trinajstić information content (AvgIpc) is 2.35. The molecule has 2 amide bonds. The van der Waals surface area contributed by atoms with Gasteiger partial charge in [-0.25, -0.2) is 9.59 Å². The van der Waals surface area contributed by atoms with Gasteiger partial charge < -0.3 is 15.4 Å². The molecular weight excluding hydrogens is 270 g/mol. The van der Waals surface area contributed by atoms with Gasteiger partial charge >= 0.3 is 12.0 Å². The van der Waals surface area contributed by atoms with E-state index in [0.717, 1.165) is 19.3 Å². The molecular formula is C15H21N3O3. The number of urea groups is 1. The average molecular weight is 291 g/mol. The maximum absolute atomic E-state index is 12.5. The van der Waals surface area contributed by atoms with E-state index < -0.39 is 17.7 Å². The Morgan fingerprint density at radius 2 is 1.76 bits per heavy atom. The number of rotatable bonds is 2. The molecule has 1 atom stereocenters. The summed E-state index contributed by atoms with van der Waals surface area (Å²) >= 11 is 0. The third-order valence-electron chi connectivity index (χ3n) is 5.51. The molecule has 0 aromatic rings. The Morgan fingerprint density at radius 3 is 2.29 bits per heavy atom. The number of esters is 1. The summed E-state index contributed by atoms with van der Waals surface area (Å²) in [7, 11) is 0. The number of nitrogens with one attached hydrogen (secondary N) is 2. The van der Waals surface area contributed by atoms with Crippen molar-refractivity contribution in [3.8, 4) is 0 Å². The van der Waals surface area contributed by atoms with Gasteiger partial charge in [-0.1, -0.05) is 0 Å². The molecule has 0 aromatic heterocycles. The second kappa shape index (κ2) is 4.22. The Balaban J connectivity index is 1.53. The van der Waals surface area contributed by atoms with Gasteiger partial charge in [-0.05, 0) is 62.4 Å². The third kappa shape index (κ3) is 2.12. The minimum atomic E-state index is -1.55. The number of ether oxygens (including phenoxy) is 1. The summed E-state index contributed by atoms with van der Waals surface area (Å²) in [5.41, 5.74) is 4.09. The van der Waals surface area contributed by atoms with Crippen LogP contribution in [-0.4, -0.2) is 23.3 Å². The lowest BCUT2D eigenvalue weighted by Gasteiger charge is -2.56. The van der Waals surface area contributed by atoms with Crippen LogP contribution in [0.3, 0.4) is 0 Å². The lowest BCUT2D eigenvalue weighted by atomic mass is 9.54. The highest BCUT2D eigenvalue weighted by molar-refractivity contribution is 5.90. The van der Waals surface area contributed by atoms with Gasteiger partial charge in [-0.15, -0.1) is 0 Å². The van der Waals surface area contributed by atoms with Gasteiger partial charge in [0, 0.05) is 6.20 Å². The Morgan fingerprint density at radius 1 is 1.19 bits per heavy atom. The van der Waals surface area contributed by atoms with Crippen molar-refractivity contribution >= 4 is 12.0 Å². The number of hydrogen-bond acceptors (Lipinski definition) is 4. The molecule has 0 spiro atoms. The molecule has 1 unspecified atom stereocenters. The maximum Gasteiger partial charge on any atom is 0.351 e. The highest BCUT2D eigenvalue weighted by atomic mass is 16.6. The van der Waals surface area contributed by atoms with Crippen molar-refractivity contribution in [2.75, 3.05) is 0 Å². The molecule has 4 bridgehead atoms. The predicted molar refractivity (Wildman–Crippen MR) is 74.7 cm³/mol. The van der Waals surface area contributed by atoms with Crippen LogP contribution in [-0.2, 0) is 9.53 Å². The SMILES string of the molecule is NC1(C(=O)OC23CC4CC(CC(C4)C2)C3)C=CNC(=O)N1. The standard InChI is InChI=1S/C15H21N3O3/c16-15(1-2-17-13(20)18-15)12(19)21-14-6-9-3-10(7-14)5-11(4-9)8-14/h1-2,9-11H,3-8,16H2,(H2,17,18,20). The molecule has 5 rings (SSSR count). The van der Waals surface area contributed by atoms with Gasteiger partial charge in [0.1, 0.15) is 5.60 Å². The summed E-state index contributed by atoms with van der Waals surface area (Å²) in [6.45, 7) is 0. The topological polar surface area (TPSA) is 93.5 Å². The molecule has 1 heterocycles. The van der Waals surface area contributed by atoms with Crippen LogP contribution in [0.5, 0.6) is 0 Å². The van der Waals surface area contributed by atoms with Gasteiger partial charge in [-0.2, -0.15) is 0 Å². The monoisotopic (exact) mass is 291 g/mol. The van der Waals surface area contributed by atoms with Gasteiger partial charge in [0.05, 0.1) is 0 Å². The molecule has 114 valence electrons. The van der Waals surface area contributed by atoms with E-state index in [0.29, 0.717) is 17.8 Å². The summed E-state index contributed by atoms with van der Waals surface area (Å²) in [6.07, 6.45) is 9.54. The van der Waals surface area contributed by atoms with Gasteiger partial charge in [0.15, 0.2) is 0 Å². The Kier molecular flexibility index (Phi) is 2.64. The molecule has 4 fully saturated rings. The van der Waals surface area contributed by atoms with E-state index in [9.17, 15) is 9.59 Å². The van der Waals surface area contributed by atoms with Crippen molar-refractivity contribution < 1.29 is 14.3 Å². The first-order chi connectivity index (χ1) is 9.96. The molecule has 0 saturated heterocycles. The van der Waals surface area contributed by atoms with Crippen molar-refractivity contribution in [1.29, 1.82) is 0 Å². The molecule has 0 aromatic carbocycles. The van der Waals surface area contributed by atoms with Gasteiger partial charge in [-0.3, -0.25) is 5.73 Å². The number of nitrogens with two attached hydrogens (primary N) is 1. The highest BCUT2D eigenvalue weighted by Crippen LogP contribution is 2.57. The molecule has 1 aliphatic heterocycles. The molecule has 21 heavy (non-hydrogen) atoms. The van der Waals surface area contributed by atoms with Crippen LogP contribution in [0.1, 0.15) is 38.5 Å². The second-order valence-corrected chi connectivity index (χ2v) is 7.29. The number of carbonyl (C=O) groups excluding carboxylic acids is 2. The van der Waals surface area contributed by atoms with E-state index in [1.54, 1.807) is 0 Å². The fraction of sp³-hybridized carbons (Fsp3) is 0.733. The van der Waals surface area contributed by atoms with E-state index in [-0.39, 0.29) is 5.60 Å². The van der Waals surface area contributed by atoms with Crippen LogP contribution in [0.25, 0.3) is 0 Å². The number of carbonyl (C=O) groups is 2. The van der Waals surface area contributed by atoms with Crippen molar-refractivity contribution in [2.45, 2.75) is 49.8 Å². The number of amides is 2. The van der Waals surface area contributed by atoms with Crippen molar-refractivity contribution in [3.05, 3.63) is 12.3 Å². The van der Waals surface area contributed by atoms with Crippen LogP contribution in [0.15, 0.2) is 12.3 Å². The van der Waals surface area contributed by atoms with E-state index in [1.807, 2.05) is 0 Å². The van der Waals surface area contributed by atoms with Crippen LogP contribution in [0.4, 0.5) is 4.79 Å². The first-order valence-electron chi connectivity index (χ1n) is 7.75.